The van der Waals surface area contributed by atoms with Crippen molar-refractivity contribution in [2.45, 2.75) is 39.0 Å². The number of tetrazole rings is 1. The van der Waals surface area contributed by atoms with Crippen molar-refractivity contribution in [3.8, 4) is 5.75 Å². The molecule has 2 heterocycles. The molecule has 5 rings (SSSR count). The molecule has 0 radical (unpaired) electrons. The number of rotatable bonds is 6. The molecule has 188 valence electrons. The van der Waals surface area contributed by atoms with Crippen LogP contribution in [0.4, 0.5) is 11.4 Å². The summed E-state index contributed by atoms with van der Waals surface area (Å²) in [6.45, 7) is 3.73. The number of hydrogen-bond acceptors (Lipinski definition) is 6. The molecule has 1 aliphatic rings. The Morgan fingerprint density at radius 2 is 1.81 bits per heavy atom. The summed E-state index contributed by atoms with van der Waals surface area (Å²) in [5, 5.41) is 14.2. The summed E-state index contributed by atoms with van der Waals surface area (Å²) < 4.78 is 5.66. The highest BCUT2D eigenvalue weighted by Crippen LogP contribution is 2.43. The monoisotopic (exact) mass is 516 g/mol. The normalized spacial score (nSPS) is 16.7. The fraction of sp³-hybridized carbons (Fsp3) is 0.222. The summed E-state index contributed by atoms with van der Waals surface area (Å²) in [4.78, 5) is 30.1. The van der Waals surface area contributed by atoms with Crippen LogP contribution in [0.2, 0.25) is 5.02 Å². The second-order valence-electron chi connectivity index (χ2n) is 8.84. The smallest absolute Gasteiger partial charge is 0.258 e. The van der Waals surface area contributed by atoms with Crippen molar-refractivity contribution in [2.24, 2.45) is 0 Å². The number of nitrogens with zero attached hydrogens (tertiary/aromatic N) is 5. The number of amides is 2. The molecule has 1 N–H and O–H groups in total. The highest BCUT2D eigenvalue weighted by Gasteiger charge is 2.38. The van der Waals surface area contributed by atoms with Gasteiger partial charge in [-0.3, -0.25) is 9.59 Å². The molecule has 0 fully saturated rings. The van der Waals surface area contributed by atoms with Gasteiger partial charge in [0.25, 0.3) is 5.91 Å². The van der Waals surface area contributed by atoms with Crippen LogP contribution >= 0.6 is 11.6 Å². The maximum atomic E-state index is 13.7. The minimum Gasteiger partial charge on any atom is -0.485 e. The first-order chi connectivity index (χ1) is 17.9. The molecule has 4 aromatic rings. The first kappa shape index (κ1) is 24.5. The van der Waals surface area contributed by atoms with Crippen molar-refractivity contribution < 1.29 is 14.3 Å². The number of anilines is 2. The molecule has 37 heavy (non-hydrogen) atoms. The number of para-hydroxylation sites is 1. The number of nitrogens with one attached hydrogen (secondary N) is 1. The van der Waals surface area contributed by atoms with E-state index in [0.717, 1.165) is 16.9 Å². The lowest BCUT2D eigenvalue weighted by Gasteiger charge is -2.43. The minimum atomic E-state index is -0.227. The quantitative estimate of drug-likeness (QED) is 0.388. The van der Waals surface area contributed by atoms with Gasteiger partial charge >= 0.3 is 0 Å². The standard InChI is InChI=1S/C27H25ClN6O3/c1-17-15-25(34(18(2)35)21-11-9-20(28)10-12-21)23-5-3-4-6-24(23)33(17)27(36)19-7-13-22(14-8-19)37-16-26-29-31-32-30-26/h3-14,17,25H,15-16H2,1-2H3,(H,29,30,31,32)/t17-,25+/m0/s1. The number of halogens is 1. The summed E-state index contributed by atoms with van der Waals surface area (Å²) in [5.74, 6) is 0.828. The van der Waals surface area contributed by atoms with Crippen LogP contribution in [0.5, 0.6) is 5.75 Å². The van der Waals surface area contributed by atoms with Crippen LogP contribution in [0.25, 0.3) is 0 Å². The Hall–Kier alpha value is -4.24. The van der Waals surface area contributed by atoms with Crippen molar-refractivity contribution >= 4 is 34.8 Å². The van der Waals surface area contributed by atoms with Gasteiger partial charge in [-0.1, -0.05) is 35.0 Å². The van der Waals surface area contributed by atoms with E-state index in [9.17, 15) is 9.59 Å². The average Bonchev–Trinajstić information content (AvgIpc) is 3.42. The van der Waals surface area contributed by atoms with Crippen molar-refractivity contribution in [3.63, 3.8) is 0 Å². The van der Waals surface area contributed by atoms with Crippen molar-refractivity contribution in [3.05, 3.63) is 94.8 Å². The fourth-order valence-corrected chi connectivity index (χ4v) is 4.87. The molecular formula is C27H25ClN6O3. The topological polar surface area (TPSA) is 104 Å². The summed E-state index contributed by atoms with van der Waals surface area (Å²) in [6, 6.07) is 21.6. The second kappa shape index (κ2) is 10.4. The molecule has 0 aliphatic carbocycles. The Kier molecular flexibility index (Phi) is 6.87. The molecule has 0 spiro atoms. The van der Waals surface area contributed by atoms with Crippen molar-refractivity contribution in [1.29, 1.82) is 0 Å². The number of aromatic nitrogens is 4. The van der Waals surface area contributed by atoms with E-state index in [4.69, 9.17) is 16.3 Å². The zero-order chi connectivity index (χ0) is 25.9. The van der Waals surface area contributed by atoms with Gasteiger partial charge in [0.2, 0.25) is 11.7 Å². The molecule has 0 bridgehead atoms. The van der Waals surface area contributed by atoms with Gasteiger partial charge in [0.05, 0.1) is 6.04 Å². The van der Waals surface area contributed by atoms with Gasteiger partial charge in [-0.05, 0) is 73.5 Å². The van der Waals surface area contributed by atoms with E-state index in [1.807, 2.05) is 43.3 Å². The Labute approximate surface area is 219 Å². The fourth-order valence-electron chi connectivity index (χ4n) is 4.74. The SMILES string of the molecule is CC(=O)N(c1ccc(Cl)cc1)[C@@H]1C[C@H](C)N(C(=O)c2ccc(OCc3nn[nH]n3)cc2)c2ccccc21. The first-order valence-electron chi connectivity index (χ1n) is 11.9. The number of ether oxygens (including phenoxy) is 1. The highest BCUT2D eigenvalue weighted by atomic mass is 35.5. The van der Waals surface area contributed by atoms with Crippen LogP contribution in [0.1, 0.15) is 48.1 Å². The third kappa shape index (κ3) is 5.03. The lowest BCUT2D eigenvalue weighted by molar-refractivity contribution is -0.117. The molecule has 9 nitrogen and oxygen atoms in total. The van der Waals surface area contributed by atoms with E-state index in [1.165, 1.54) is 0 Å². The molecular weight excluding hydrogens is 492 g/mol. The van der Waals surface area contributed by atoms with Gasteiger partial charge < -0.3 is 14.5 Å². The average molecular weight is 517 g/mol. The first-order valence-corrected chi connectivity index (χ1v) is 12.2. The lowest BCUT2D eigenvalue weighted by Crippen LogP contribution is -2.47. The Bertz CT molecular complexity index is 1390. The molecule has 10 heteroatoms. The van der Waals surface area contributed by atoms with E-state index in [-0.39, 0.29) is 30.5 Å². The van der Waals surface area contributed by atoms with Crippen LogP contribution in [-0.4, -0.2) is 38.5 Å². The molecule has 2 atom stereocenters. The number of benzene rings is 3. The molecule has 0 saturated heterocycles. The summed E-state index contributed by atoms with van der Waals surface area (Å²) in [6.07, 6.45) is 0.580. The van der Waals surface area contributed by atoms with Crippen LogP contribution in [0.3, 0.4) is 0 Å². The predicted octanol–water partition coefficient (Wildman–Crippen LogP) is 4.97. The highest BCUT2D eigenvalue weighted by molar-refractivity contribution is 6.30. The molecule has 1 aromatic heterocycles. The Balaban J connectivity index is 1.42. The zero-order valence-electron chi connectivity index (χ0n) is 20.3. The molecule has 0 unspecified atom stereocenters. The third-order valence-electron chi connectivity index (χ3n) is 6.39. The third-order valence-corrected chi connectivity index (χ3v) is 6.65. The molecule has 1 aliphatic heterocycles. The van der Waals surface area contributed by atoms with Gasteiger partial charge in [-0.25, -0.2) is 0 Å². The number of aromatic amines is 1. The van der Waals surface area contributed by atoms with E-state index >= 15 is 0 Å². The summed E-state index contributed by atoms with van der Waals surface area (Å²) >= 11 is 6.08. The van der Waals surface area contributed by atoms with Gasteiger partial charge in [-0.2, -0.15) is 5.21 Å². The number of carbonyl (C=O) groups excluding carboxylic acids is 2. The maximum absolute atomic E-state index is 13.7. The van der Waals surface area contributed by atoms with Crippen LogP contribution < -0.4 is 14.5 Å². The summed E-state index contributed by atoms with van der Waals surface area (Å²) in [5.41, 5.74) is 3.00. The van der Waals surface area contributed by atoms with Gasteiger partial charge in [0, 0.05) is 34.9 Å². The van der Waals surface area contributed by atoms with E-state index in [0.29, 0.717) is 28.6 Å². The summed E-state index contributed by atoms with van der Waals surface area (Å²) in [7, 11) is 0. The zero-order valence-corrected chi connectivity index (χ0v) is 21.1. The number of fused-ring (bicyclic) bond motifs is 1. The second-order valence-corrected chi connectivity index (χ2v) is 9.28. The van der Waals surface area contributed by atoms with Crippen LogP contribution in [-0.2, 0) is 11.4 Å². The number of H-pyrrole nitrogens is 1. The number of hydrogen-bond donors (Lipinski definition) is 1. The van der Waals surface area contributed by atoms with Crippen molar-refractivity contribution in [2.75, 3.05) is 9.80 Å². The van der Waals surface area contributed by atoms with Crippen molar-refractivity contribution in [1.82, 2.24) is 20.6 Å². The van der Waals surface area contributed by atoms with Crippen LogP contribution in [0.15, 0.2) is 72.8 Å². The molecule has 2 amide bonds. The Morgan fingerprint density at radius 3 is 2.49 bits per heavy atom. The largest absolute Gasteiger partial charge is 0.485 e. The van der Waals surface area contributed by atoms with Gasteiger partial charge in [0.1, 0.15) is 5.75 Å². The minimum absolute atomic E-state index is 0.0782. The van der Waals surface area contributed by atoms with Crippen LogP contribution in [0, 0.1) is 0 Å². The molecule has 3 aromatic carbocycles. The van der Waals surface area contributed by atoms with E-state index in [2.05, 4.69) is 20.6 Å². The van der Waals surface area contributed by atoms with E-state index < -0.39 is 0 Å². The van der Waals surface area contributed by atoms with E-state index in [1.54, 1.807) is 53.1 Å². The van der Waals surface area contributed by atoms with Gasteiger partial charge in [0.15, 0.2) is 6.61 Å². The maximum Gasteiger partial charge on any atom is 0.258 e. The van der Waals surface area contributed by atoms with Gasteiger partial charge in [-0.15, -0.1) is 10.2 Å². The Morgan fingerprint density at radius 1 is 1.08 bits per heavy atom. The number of carbonyl (C=O) groups is 2. The predicted molar refractivity (Wildman–Crippen MR) is 140 cm³/mol. The lowest BCUT2D eigenvalue weighted by atomic mass is 9.89. The molecule has 0 saturated carbocycles.